The number of carbonyl (C=O) groups excluding carboxylic acids is 1. The zero-order chi connectivity index (χ0) is 19.1. The van der Waals surface area contributed by atoms with E-state index in [1.54, 1.807) is 12.3 Å². The first kappa shape index (κ1) is 16.8. The first-order chi connectivity index (χ1) is 13.7. The fraction of sp³-hybridized carbons (Fsp3) is 0.211. The third-order valence-corrected chi connectivity index (χ3v) is 5.49. The van der Waals surface area contributed by atoms with Crippen LogP contribution in [-0.2, 0) is 0 Å². The van der Waals surface area contributed by atoms with Crippen molar-refractivity contribution in [3.8, 4) is 22.2 Å². The quantitative estimate of drug-likeness (QED) is 0.552. The second-order valence-electron chi connectivity index (χ2n) is 6.61. The van der Waals surface area contributed by atoms with Crippen molar-refractivity contribution in [2.45, 2.75) is 25.8 Å². The zero-order valence-corrected chi connectivity index (χ0v) is 15.8. The van der Waals surface area contributed by atoms with Crippen molar-refractivity contribution in [3.05, 3.63) is 53.2 Å². The third-order valence-electron chi connectivity index (χ3n) is 4.51. The number of hydrogen-bond acceptors (Lipinski definition) is 7. The van der Waals surface area contributed by atoms with Crippen LogP contribution >= 0.6 is 11.3 Å². The summed E-state index contributed by atoms with van der Waals surface area (Å²) in [5.41, 5.74) is 1.92. The highest BCUT2D eigenvalue weighted by atomic mass is 32.1. The Bertz CT molecular complexity index is 1140. The summed E-state index contributed by atoms with van der Waals surface area (Å²) in [6.07, 6.45) is 3.78. The summed E-state index contributed by atoms with van der Waals surface area (Å²) >= 11 is 1.43. The Morgan fingerprint density at radius 1 is 1.29 bits per heavy atom. The van der Waals surface area contributed by atoms with Gasteiger partial charge < -0.3 is 9.73 Å². The Kier molecular flexibility index (Phi) is 4.01. The van der Waals surface area contributed by atoms with Crippen molar-refractivity contribution in [2.24, 2.45) is 0 Å². The van der Waals surface area contributed by atoms with E-state index in [4.69, 9.17) is 4.42 Å². The van der Waals surface area contributed by atoms with Gasteiger partial charge in [0, 0.05) is 16.1 Å². The second kappa shape index (κ2) is 6.68. The molecule has 1 saturated carbocycles. The maximum absolute atomic E-state index is 12.8. The van der Waals surface area contributed by atoms with Gasteiger partial charge in [-0.15, -0.1) is 16.4 Å². The van der Waals surface area contributed by atoms with Crippen molar-refractivity contribution in [3.63, 3.8) is 0 Å². The fourth-order valence-electron chi connectivity index (χ4n) is 2.99. The molecule has 1 aromatic carbocycles. The summed E-state index contributed by atoms with van der Waals surface area (Å²) in [7, 11) is 0. The molecular weight excluding hydrogens is 376 g/mol. The summed E-state index contributed by atoms with van der Waals surface area (Å²) in [4.78, 5) is 18.0. The van der Waals surface area contributed by atoms with Gasteiger partial charge in [-0.3, -0.25) is 4.79 Å². The number of thiazole rings is 1. The number of tetrazole rings is 1. The van der Waals surface area contributed by atoms with Crippen molar-refractivity contribution in [1.82, 2.24) is 25.2 Å². The molecule has 0 spiro atoms. The number of hydrogen-bond donors (Lipinski definition) is 1. The van der Waals surface area contributed by atoms with Crippen LogP contribution in [0.15, 0.2) is 47.1 Å². The highest BCUT2D eigenvalue weighted by Gasteiger charge is 2.28. The van der Waals surface area contributed by atoms with Crippen LogP contribution in [0.2, 0.25) is 0 Å². The van der Waals surface area contributed by atoms with Crippen LogP contribution in [0, 0.1) is 6.92 Å². The standard InChI is InChI=1S/C19H16N6O2S/c1-11-16(21-19(28-11)15-6-3-9-27-15)18(26)20-13-5-2-4-12(10-13)17-22-23-24-25(17)14-7-8-14/h2-6,9-10,14H,7-8H2,1H3,(H,20,26). The van der Waals surface area contributed by atoms with Crippen molar-refractivity contribution in [2.75, 3.05) is 5.32 Å². The highest BCUT2D eigenvalue weighted by Crippen LogP contribution is 2.37. The Hall–Kier alpha value is -3.33. The molecule has 0 atom stereocenters. The van der Waals surface area contributed by atoms with Crippen molar-refractivity contribution in [1.29, 1.82) is 0 Å². The minimum atomic E-state index is -0.259. The molecule has 8 nitrogen and oxygen atoms in total. The Balaban J connectivity index is 1.39. The minimum Gasteiger partial charge on any atom is -0.462 e. The molecule has 0 aliphatic heterocycles. The van der Waals surface area contributed by atoms with Gasteiger partial charge in [0.25, 0.3) is 5.91 Å². The van der Waals surface area contributed by atoms with E-state index < -0.39 is 0 Å². The second-order valence-corrected chi connectivity index (χ2v) is 7.82. The molecule has 1 aliphatic carbocycles. The molecule has 140 valence electrons. The van der Waals surface area contributed by atoms with Crippen LogP contribution in [0.25, 0.3) is 22.2 Å². The number of aromatic nitrogens is 5. The number of benzene rings is 1. The average Bonchev–Trinajstić information content (AvgIpc) is 3.12. The molecule has 1 N–H and O–H groups in total. The maximum atomic E-state index is 12.8. The van der Waals surface area contributed by atoms with Gasteiger partial charge in [-0.2, -0.15) is 0 Å². The van der Waals surface area contributed by atoms with E-state index in [0.717, 1.165) is 23.3 Å². The lowest BCUT2D eigenvalue weighted by Gasteiger charge is -2.07. The van der Waals surface area contributed by atoms with Crippen LogP contribution in [0.1, 0.15) is 34.2 Å². The first-order valence-corrected chi connectivity index (χ1v) is 9.71. The lowest BCUT2D eigenvalue weighted by molar-refractivity contribution is 0.102. The van der Waals surface area contributed by atoms with Gasteiger partial charge in [-0.25, -0.2) is 9.67 Å². The smallest absolute Gasteiger partial charge is 0.275 e. The zero-order valence-electron chi connectivity index (χ0n) is 15.0. The van der Waals surface area contributed by atoms with Crippen LogP contribution in [0.3, 0.4) is 0 Å². The molecule has 3 heterocycles. The van der Waals surface area contributed by atoms with Crippen LogP contribution in [0.5, 0.6) is 0 Å². The SMILES string of the molecule is Cc1sc(-c2ccco2)nc1C(=O)Nc1cccc(-c2nnnn2C2CC2)c1. The number of anilines is 1. The van der Waals surface area contributed by atoms with Gasteiger partial charge in [-0.05, 0) is 54.5 Å². The molecule has 28 heavy (non-hydrogen) atoms. The molecule has 3 aromatic heterocycles. The number of furan rings is 1. The van der Waals surface area contributed by atoms with E-state index in [1.165, 1.54) is 11.3 Å². The first-order valence-electron chi connectivity index (χ1n) is 8.90. The summed E-state index contributed by atoms with van der Waals surface area (Å²) in [5.74, 6) is 1.11. The van der Waals surface area contributed by atoms with Gasteiger partial charge >= 0.3 is 0 Å². The van der Waals surface area contributed by atoms with Gasteiger partial charge in [0.15, 0.2) is 16.6 Å². The summed E-state index contributed by atoms with van der Waals surface area (Å²) in [5, 5.41) is 15.6. The number of nitrogens with zero attached hydrogens (tertiary/aromatic N) is 5. The predicted molar refractivity (Wildman–Crippen MR) is 104 cm³/mol. The van der Waals surface area contributed by atoms with Crippen molar-refractivity contribution < 1.29 is 9.21 Å². The largest absolute Gasteiger partial charge is 0.462 e. The molecule has 9 heteroatoms. The molecule has 5 rings (SSSR count). The third kappa shape index (κ3) is 3.09. The number of carbonyl (C=O) groups is 1. The van der Waals surface area contributed by atoms with Crippen LogP contribution < -0.4 is 5.32 Å². The monoisotopic (exact) mass is 392 g/mol. The van der Waals surface area contributed by atoms with E-state index >= 15 is 0 Å². The lowest BCUT2D eigenvalue weighted by atomic mass is 10.2. The van der Waals surface area contributed by atoms with Gasteiger partial charge in [0.05, 0.1) is 12.3 Å². The van der Waals surface area contributed by atoms with E-state index in [9.17, 15) is 4.79 Å². The van der Waals surface area contributed by atoms with E-state index in [1.807, 2.05) is 41.9 Å². The number of rotatable bonds is 5. The molecule has 1 fully saturated rings. The molecule has 0 saturated heterocycles. The Labute approximate surface area is 164 Å². The summed E-state index contributed by atoms with van der Waals surface area (Å²) in [6, 6.07) is 11.5. The predicted octanol–water partition coefficient (Wildman–Crippen LogP) is 3.95. The van der Waals surface area contributed by atoms with Crippen LogP contribution in [0.4, 0.5) is 5.69 Å². The maximum Gasteiger partial charge on any atom is 0.275 e. The Morgan fingerprint density at radius 2 is 2.18 bits per heavy atom. The lowest BCUT2D eigenvalue weighted by Crippen LogP contribution is -2.13. The Morgan fingerprint density at radius 3 is 2.96 bits per heavy atom. The number of nitrogens with one attached hydrogen (secondary N) is 1. The van der Waals surface area contributed by atoms with Gasteiger partial charge in [-0.1, -0.05) is 12.1 Å². The summed E-state index contributed by atoms with van der Waals surface area (Å²) < 4.78 is 7.22. The average molecular weight is 392 g/mol. The normalized spacial score (nSPS) is 13.6. The molecule has 0 bridgehead atoms. The number of amides is 1. The minimum absolute atomic E-state index is 0.259. The molecule has 4 aromatic rings. The van der Waals surface area contributed by atoms with E-state index in [2.05, 4.69) is 25.8 Å². The molecule has 1 amide bonds. The molecule has 0 radical (unpaired) electrons. The van der Waals surface area contributed by atoms with Crippen molar-refractivity contribution >= 4 is 22.9 Å². The van der Waals surface area contributed by atoms with E-state index in [0.29, 0.717) is 34.0 Å². The topological polar surface area (TPSA) is 98.7 Å². The molecular formula is C19H16N6O2S. The number of aryl methyl sites for hydroxylation is 1. The van der Waals surface area contributed by atoms with Gasteiger partial charge in [0.1, 0.15) is 5.69 Å². The highest BCUT2D eigenvalue weighted by molar-refractivity contribution is 7.15. The summed E-state index contributed by atoms with van der Waals surface area (Å²) in [6.45, 7) is 1.87. The van der Waals surface area contributed by atoms with E-state index in [-0.39, 0.29) is 5.91 Å². The van der Waals surface area contributed by atoms with Gasteiger partial charge in [0.2, 0.25) is 0 Å². The van der Waals surface area contributed by atoms with Crippen LogP contribution in [-0.4, -0.2) is 31.1 Å². The fourth-order valence-corrected chi connectivity index (χ4v) is 3.87. The molecule has 1 aliphatic rings. The molecule has 0 unspecified atom stereocenters.